The molecule has 14 atom stereocenters. The number of amides is 1. The highest BCUT2D eigenvalue weighted by atomic mass is 16.7. The third-order valence-electron chi connectivity index (χ3n) is 13.2. The van der Waals surface area contributed by atoms with Gasteiger partial charge >= 0.3 is 5.97 Å². The molecule has 334 valence electrons. The molecule has 13 heteroatoms. The van der Waals surface area contributed by atoms with Crippen LogP contribution in [-0.4, -0.2) is 120 Å². The fourth-order valence-electron chi connectivity index (χ4n) is 9.72. The van der Waals surface area contributed by atoms with Gasteiger partial charge in [0.05, 0.1) is 36.6 Å². The van der Waals surface area contributed by atoms with Crippen molar-refractivity contribution in [1.82, 2.24) is 4.90 Å². The zero-order chi connectivity index (χ0) is 42.9. The summed E-state index contributed by atoms with van der Waals surface area (Å²) in [6.07, 6.45) is 6.24. The maximum atomic E-state index is 14.4. The lowest BCUT2D eigenvalue weighted by atomic mass is 9.81. The lowest BCUT2D eigenvalue weighted by Gasteiger charge is -2.47. The lowest BCUT2D eigenvalue weighted by Crippen LogP contribution is -2.64. The highest BCUT2D eigenvalue weighted by Crippen LogP contribution is 2.39. The van der Waals surface area contributed by atoms with E-state index in [1.54, 1.807) is 28.3 Å². The molecule has 4 aliphatic rings. The van der Waals surface area contributed by atoms with Gasteiger partial charge in [0.1, 0.15) is 18.2 Å². The number of fused-ring (bicyclic) bond motifs is 3. The Bertz CT molecular complexity index is 1550. The zero-order valence-electron chi connectivity index (χ0n) is 36.2. The number of aliphatic hydroxyl groups is 3. The van der Waals surface area contributed by atoms with Gasteiger partial charge in [-0.3, -0.25) is 9.59 Å². The molecule has 3 fully saturated rings. The van der Waals surface area contributed by atoms with Gasteiger partial charge in [0.15, 0.2) is 0 Å². The molecule has 3 aliphatic heterocycles. The molecule has 2 bridgehead atoms. The van der Waals surface area contributed by atoms with Gasteiger partial charge in [-0.05, 0) is 108 Å². The number of carbonyl (C=O) groups excluding carboxylic acids is 3. The minimum absolute atomic E-state index is 0. The van der Waals surface area contributed by atoms with Crippen LogP contribution in [0.4, 0.5) is 0 Å². The van der Waals surface area contributed by atoms with Crippen molar-refractivity contribution in [3.8, 4) is 6.07 Å². The van der Waals surface area contributed by atoms with Gasteiger partial charge in [0.25, 0.3) is 11.7 Å². The molecular weight excluding hydrogens is 757 g/mol. The molecule has 0 unspecified atom stereocenters. The molecule has 0 aromatic rings. The molecule has 2 saturated heterocycles. The normalized spacial score (nSPS) is 40.4. The second-order valence-corrected chi connectivity index (χ2v) is 17.5. The van der Waals surface area contributed by atoms with Crippen molar-refractivity contribution in [2.24, 2.45) is 29.6 Å². The van der Waals surface area contributed by atoms with Crippen LogP contribution in [0.5, 0.6) is 0 Å². The number of carbonyl (C=O) groups is 3. The van der Waals surface area contributed by atoms with Gasteiger partial charge in [0.2, 0.25) is 5.79 Å². The highest BCUT2D eigenvalue weighted by Gasteiger charge is 2.56. The third-order valence-corrected chi connectivity index (χ3v) is 13.2. The zero-order valence-corrected chi connectivity index (χ0v) is 36.2. The van der Waals surface area contributed by atoms with E-state index in [1.165, 1.54) is 11.0 Å². The number of esters is 1. The minimum Gasteiger partial charge on any atom is -0.456 e. The Balaban J connectivity index is 0.00000930. The number of piperidine rings is 1. The van der Waals surface area contributed by atoms with Crippen molar-refractivity contribution in [2.75, 3.05) is 27.9 Å². The number of nitrogens with zero attached hydrogens (tertiary/aromatic N) is 2. The summed E-state index contributed by atoms with van der Waals surface area (Å²) in [7, 11) is 4.66. The summed E-state index contributed by atoms with van der Waals surface area (Å²) in [5.74, 6) is -6.92. The summed E-state index contributed by atoms with van der Waals surface area (Å²) in [6, 6.07) is 1.07. The van der Waals surface area contributed by atoms with Gasteiger partial charge in [0, 0.05) is 45.8 Å². The maximum Gasteiger partial charge on any atom is 0.329 e. The van der Waals surface area contributed by atoms with Crippen LogP contribution in [0.2, 0.25) is 0 Å². The van der Waals surface area contributed by atoms with Gasteiger partial charge in [-0.15, -0.1) is 0 Å². The van der Waals surface area contributed by atoms with E-state index in [2.05, 4.69) is 19.1 Å². The number of cyclic esters (lactones) is 1. The number of ether oxygens (including phenoxy) is 5. The van der Waals surface area contributed by atoms with E-state index in [0.29, 0.717) is 56.9 Å². The van der Waals surface area contributed by atoms with Crippen molar-refractivity contribution >= 4 is 17.7 Å². The number of hydrogen-bond donors (Lipinski definition) is 3. The first-order chi connectivity index (χ1) is 27.5. The van der Waals surface area contributed by atoms with Crippen LogP contribution in [0.1, 0.15) is 120 Å². The fraction of sp³-hybridized carbons (Fsp3) is 0.783. The molecule has 1 saturated carbocycles. The van der Waals surface area contributed by atoms with Crippen LogP contribution in [0.3, 0.4) is 0 Å². The first-order valence-corrected chi connectivity index (χ1v) is 21.4. The number of allylic oxidation sites excluding steroid dienone is 4. The van der Waals surface area contributed by atoms with E-state index in [4.69, 9.17) is 23.7 Å². The van der Waals surface area contributed by atoms with Crippen LogP contribution in [0.25, 0.3) is 0 Å². The predicted octanol–water partition coefficient (Wildman–Crippen LogP) is 5.99. The molecule has 0 radical (unpaired) electrons. The van der Waals surface area contributed by atoms with Crippen molar-refractivity contribution in [1.29, 1.82) is 5.26 Å². The molecular formula is C46H74N2O11. The number of aliphatic hydroxyl groups excluding tert-OH is 2. The molecule has 59 heavy (non-hydrogen) atoms. The molecule has 0 aromatic carbocycles. The molecule has 4 rings (SSSR count). The summed E-state index contributed by atoms with van der Waals surface area (Å²) >= 11 is 0. The number of methoxy groups -OCH3 is 3. The van der Waals surface area contributed by atoms with Gasteiger partial charge in [-0.2, -0.15) is 5.26 Å². The lowest BCUT2D eigenvalue weighted by molar-refractivity contribution is -0.302. The standard InChI is InChI=1S/C45H70N2O11.CH4/c1-10-32-20-26(2)19-27(3)21-38(55-8)41-39(56-9)23-29(5)45(53,58-41)42(50)43(51)47-18-12-11-13-34(47)44(52)57-40(30(6)36(49)25-33(32)16-17-46)28(4)22-31-14-15-35(48)37(24-31)54-7;/h16,20,22,27,29-32,34-41,48-49,53H,10-15,18-19,21,23-25H2,1-9H3;1H4/b26-20+,28-22+,33-16-;/t27-,29+,30+,31-,32+,34-,35+,36-,37+,38-,39-,40+,41+,45+;/m0./s1. The average molecular weight is 831 g/mol. The first kappa shape index (κ1) is 50.4. The van der Waals surface area contributed by atoms with E-state index in [-0.39, 0.29) is 57.1 Å². The number of rotatable bonds is 6. The highest BCUT2D eigenvalue weighted by molar-refractivity contribution is 6.39. The second-order valence-electron chi connectivity index (χ2n) is 17.5. The fourth-order valence-corrected chi connectivity index (χ4v) is 9.72. The van der Waals surface area contributed by atoms with E-state index in [1.807, 2.05) is 33.8 Å². The van der Waals surface area contributed by atoms with Crippen LogP contribution >= 0.6 is 0 Å². The second kappa shape index (κ2) is 22.8. The van der Waals surface area contributed by atoms with Gasteiger partial charge in [-0.25, -0.2) is 4.79 Å². The number of ketones is 1. The van der Waals surface area contributed by atoms with E-state index >= 15 is 0 Å². The summed E-state index contributed by atoms with van der Waals surface area (Å²) < 4.78 is 29.9. The van der Waals surface area contributed by atoms with Crippen molar-refractivity contribution < 1.29 is 53.4 Å². The Hall–Kier alpha value is -2.96. The van der Waals surface area contributed by atoms with E-state index in [9.17, 15) is 35.0 Å². The Labute approximate surface area is 353 Å². The average Bonchev–Trinajstić information content (AvgIpc) is 3.20. The molecule has 13 nitrogen and oxygen atoms in total. The smallest absolute Gasteiger partial charge is 0.329 e. The summed E-state index contributed by atoms with van der Waals surface area (Å²) in [4.78, 5) is 44.1. The van der Waals surface area contributed by atoms with Gasteiger partial charge in [-0.1, -0.05) is 58.4 Å². The number of Topliss-reactive ketones (excluding diaryl/α,β-unsaturated/α-hetero) is 1. The Morgan fingerprint density at radius 3 is 2.25 bits per heavy atom. The Kier molecular flexibility index (Phi) is 19.4. The third kappa shape index (κ3) is 12.1. The molecule has 1 amide bonds. The maximum absolute atomic E-state index is 14.4. The van der Waals surface area contributed by atoms with Crippen molar-refractivity contribution in [3.05, 3.63) is 34.9 Å². The summed E-state index contributed by atoms with van der Waals surface area (Å²) in [5, 5.41) is 44.4. The first-order valence-electron chi connectivity index (χ1n) is 21.4. The molecule has 3 heterocycles. The van der Waals surface area contributed by atoms with E-state index < -0.39 is 77.9 Å². The van der Waals surface area contributed by atoms with Crippen LogP contribution in [0, 0.1) is 40.9 Å². The summed E-state index contributed by atoms with van der Waals surface area (Å²) in [6.45, 7) is 11.6. The predicted molar refractivity (Wildman–Crippen MR) is 223 cm³/mol. The Morgan fingerprint density at radius 1 is 0.966 bits per heavy atom. The SMILES string of the molecule is C.CC[C@@H]1/C=C(\C)C[C@H](C)C[C@H](OC)[C@H]2O[C@@](O)(C(=O)C(=O)N3CCCC[C@H]3C(=O)O[C@H](/C(C)=C/[C@@H]3CC[C@@H](O)[C@H](OC)C3)[C@H](C)[C@@H](O)C/C1=C/C#N)[C@H](C)C[C@@H]2OC. The molecule has 0 spiro atoms. The topological polar surface area (TPSA) is 185 Å². The van der Waals surface area contributed by atoms with Crippen LogP contribution in [-0.2, 0) is 38.1 Å². The number of nitriles is 1. The van der Waals surface area contributed by atoms with E-state index in [0.717, 1.165) is 11.1 Å². The largest absolute Gasteiger partial charge is 0.456 e. The number of hydrogen-bond acceptors (Lipinski definition) is 12. The molecule has 0 aromatic heterocycles. The Morgan fingerprint density at radius 2 is 1.63 bits per heavy atom. The van der Waals surface area contributed by atoms with Crippen LogP contribution in [0.15, 0.2) is 34.9 Å². The monoisotopic (exact) mass is 831 g/mol. The minimum atomic E-state index is -2.50. The summed E-state index contributed by atoms with van der Waals surface area (Å²) in [5.41, 5.74) is 2.55. The van der Waals surface area contributed by atoms with Crippen molar-refractivity contribution in [3.63, 3.8) is 0 Å². The quantitative estimate of drug-likeness (QED) is 0.123. The van der Waals surface area contributed by atoms with Gasteiger partial charge < -0.3 is 43.9 Å². The molecule has 3 N–H and O–H groups in total. The molecule has 1 aliphatic carbocycles. The van der Waals surface area contributed by atoms with Crippen LogP contribution < -0.4 is 0 Å². The van der Waals surface area contributed by atoms with Crippen molar-refractivity contribution in [2.45, 2.75) is 174 Å².